The molecule has 0 aliphatic rings. The van der Waals surface area contributed by atoms with E-state index in [1.54, 1.807) is 24.9 Å². The number of aromatic nitrogens is 3. The number of rotatable bonds is 8. The summed E-state index contributed by atoms with van der Waals surface area (Å²) in [5, 5.41) is 10.2. The maximum atomic E-state index is 11.7. The normalized spacial score (nSPS) is 10.8. The number of hydrogen-bond donors (Lipinski definition) is 0. The van der Waals surface area contributed by atoms with Crippen LogP contribution in [0.5, 0.6) is 0 Å². The largest absolute Gasteiger partial charge is 0.465 e. The van der Waals surface area contributed by atoms with E-state index >= 15 is 0 Å². The zero-order chi connectivity index (χ0) is 19.9. The zero-order valence-electron chi connectivity index (χ0n) is 15.6. The van der Waals surface area contributed by atoms with Crippen LogP contribution in [0, 0.1) is 0 Å². The first kappa shape index (κ1) is 20.4. The molecule has 1 aromatic heterocycles. The Bertz CT molecular complexity index is 944. The van der Waals surface area contributed by atoms with Gasteiger partial charge in [0.05, 0.1) is 25.8 Å². The van der Waals surface area contributed by atoms with Gasteiger partial charge in [-0.15, -0.1) is 10.2 Å². The maximum Gasteiger partial charge on any atom is 0.337 e. The van der Waals surface area contributed by atoms with Crippen molar-refractivity contribution in [1.82, 2.24) is 14.8 Å². The van der Waals surface area contributed by atoms with E-state index in [9.17, 15) is 4.79 Å². The number of esters is 1. The highest BCUT2D eigenvalue weighted by Crippen LogP contribution is 2.27. The molecule has 8 heteroatoms. The standard InChI is InChI=1S/C20H20ClN3O3S/c1-26-11-10-24-18(15-6-8-17(21)9-7-15)22-23-20(24)28-13-14-4-3-5-16(12-14)19(25)27-2/h3-9,12H,10-11,13H2,1-2H3. The average Bonchev–Trinajstić information content (AvgIpc) is 3.13. The molecule has 0 amide bonds. The lowest BCUT2D eigenvalue weighted by Gasteiger charge is -2.10. The highest BCUT2D eigenvalue weighted by molar-refractivity contribution is 7.98. The number of benzene rings is 2. The molecule has 146 valence electrons. The summed E-state index contributed by atoms with van der Waals surface area (Å²) in [7, 11) is 3.04. The Morgan fingerprint density at radius 3 is 2.64 bits per heavy atom. The quantitative estimate of drug-likeness (QED) is 0.401. The van der Waals surface area contributed by atoms with Crippen molar-refractivity contribution in [3.63, 3.8) is 0 Å². The first-order chi connectivity index (χ1) is 13.6. The predicted octanol–water partition coefficient (Wildman–Crippen LogP) is 4.32. The fourth-order valence-corrected chi connectivity index (χ4v) is 3.68. The van der Waals surface area contributed by atoms with Gasteiger partial charge in [0.15, 0.2) is 11.0 Å². The molecule has 0 spiro atoms. The monoisotopic (exact) mass is 417 g/mol. The van der Waals surface area contributed by atoms with E-state index in [-0.39, 0.29) is 5.97 Å². The van der Waals surface area contributed by atoms with E-state index in [1.165, 1.54) is 7.11 Å². The van der Waals surface area contributed by atoms with Crippen molar-refractivity contribution in [3.8, 4) is 11.4 Å². The van der Waals surface area contributed by atoms with Gasteiger partial charge in [-0.05, 0) is 42.0 Å². The minimum atomic E-state index is -0.347. The van der Waals surface area contributed by atoms with Crippen LogP contribution in [0.25, 0.3) is 11.4 Å². The van der Waals surface area contributed by atoms with E-state index in [0.29, 0.717) is 29.5 Å². The van der Waals surface area contributed by atoms with Gasteiger partial charge >= 0.3 is 5.97 Å². The smallest absolute Gasteiger partial charge is 0.337 e. The maximum absolute atomic E-state index is 11.7. The minimum absolute atomic E-state index is 0.347. The van der Waals surface area contributed by atoms with Crippen molar-refractivity contribution < 1.29 is 14.3 Å². The molecular weight excluding hydrogens is 398 g/mol. The fraction of sp³-hybridized carbons (Fsp3) is 0.250. The first-order valence-corrected chi connectivity index (χ1v) is 9.97. The molecule has 3 rings (SSSR count). The molecule has 1 heterocycles. The number of ether oxygens (including phenoxy) is 2. The highest BCUT2D eigenvalue weighted by atomic mass is 35.5. The van der Waals surface area contributed by atoms with Gasteiger partial charge in [0.25, 0.3) is 0 Å². The van der Waals surface area contributed by atoms with Crippen LogP contribution in [0.15, 0.2) is 53.7 Å². The summed E-state index contributed by atoms with van der Waals surface area (Å²) in [5.41, 5.74) is 2.47. The summed E-state index contributed by atoms with van der Waals surface area (Å²) in [5.74, 6) is 1.07. The van der Waals surface area contributed by atoms with E-state index in [4.69, 9.17) is 21.1 Å². The molecule has 0 fully saturated rings. The van der Waals surface area contributed by atoms with Crippen molar-refractivity contribution in [3.05, 3.63) is 64.7 Å². The number of halogens is 1. The van der Waals surface area contributed by atoms with Crippen molar-refractivity contribution in [2.24, 2.45) is 0 Å². The lowest BCUT2D eigenvalue weighted by molar-refractivity contribution is 0.0600. The van der Waals surface area contributed by atoms with Gasteiger partial charge in [0.1, 0.15) is 0 Å². The predicted molar refractivity (Wildman–Crippen MR) is 110 cm³/mol. The lowest BCUT2D eigenvalue weighted by Crippen LogP contribution is -2.07. The molecule has 0 atom stereocenters. The summed E-state index contributed by atoms with van der Waals surface area (Å²) in [6, 6.07) is 14.9. The van der Waals surface area contributed by atoms with Crippen LogP contribution in [0.4, 0.5) is 0 Å². The van der Waals surface area contributed by atoms with Crippen LogP contribution < -0.4 is 0 Å². The Labute approximate surface area is 172 Å². The first-order valence-electron chi connectivity index (χ1n) is 8.60. The third-order valence-corrected chi connectivity index (χ3v) is 5.34. The zero-order valence-corrected chi connectivity index (χ0v) is 17.2. The number of nitrogens with zero attached hydrogens (tertiary/aromatic N) is 3. The number of carbonyl (C=O) groups is 1. The van der Waals surface area contributed by atoms with Crippen molar-refractivity contribution >= 4 is 29.3 Å². The molecule has 0 bridgehead atoms. The van der Waals surface area contributed by atoms with Crippen LogP contribution in [0.3, 0.4) is 0 Å². The molecular formula is C20H20ClN3O3S. The molecule has 2 aromatic carbocycles. The number of carbonyl (C=O) groups excluding carboxylic acids is 1. The summed E-state index contributed by atoms with van der Waals surface area (Å²) in [6.45, 7) is 1.18. The summed E-state index contributed by atoms with van der Waals surface area (Å²) >= 11 is 7.54. The van der Waals surface area contributed by atoms with E-state index in [2.05, 4.69) is 10.2 Å². The second-order valence-corrected chi connectivity index (χ2v) is 7.32. The highest BCUT2D eigenvalue weighted by Gasteiger charge is 2.15. The van der Waals surface area contributed by atoms with Gasteiger partial charge < -0.3 is 9.47 Å². The molecule has 0 aliphatic heterocycles. The van der Waals surface area contributed by atoms with Gasteiger partial charge in [-0.25, -0.2) is 4.79 Å². The minimum Gasteiger partial charge on any atom is -0.465 e. The SMILES string of the molecule is COCCn1c(SCc2cccc(C(=O)OC)c2)nnc1-c1ccc(Cl)cc1. The van der Waals surface area contributed by atoms with Gasteiger partial charge in [0, 0.05) is 23.4 Å². The summed E-state index contributed by atoms with van der Waals surface area (Å²) in [6.07, 6.45) is 0. The molecule has 0 unspecified atom stereocenters. The van der Waals surface area contributed by atoms with Crippen LogP contribution in [0.2, 0.25) is 5.02 Å². The van der Waals surface area contributed by atoms with Crippen LogP contribution in [0.1, 0.15) is 15.9 Å². The number of methoxy groups -OCH3 is 2. The Morgan fingerprint density at radius 2 is 1.93 bits per heavy atom. The Hall–Kier alpha value is -2.35. The number of thioether (sulfide) groups is 1. The summed E-state index contributed by atoms with van der Waals surface area (Å²) in [4.78, 5) is 11.7. The molecule has 28 heavy (non-hydrogen) atoms. The molecule has 0 radical (unpaired) electrons. The van der Waals surface area contributed by atoms with Crippen LogP contribution in [-0.2, 0) is 21.8 Å². The Kier molecular flexibility index (Phi) is 7.08. The van der Waals surface area contributed by atoms with Gasteiger partial charge in [-0.1, -0.05) is 35.5 Å². The van der Waals surface area contributed by atoms with Crippen molar-refractivity contribution in [1.29, 1.82) is 0 Å². The van der Waals surface area contributed by atoms with Gasteiger partial charge in [-0.2, -0.15) is 0 Å². The Morgan fingerprint density at radius 1 is 1.14 bits per heavy atom. The lowest BCUT2D eigenvalue weighted by atomic mass is 10.1. The molecule has 6 nitrogen and oxygen atoms in total. The fourth-order valence-electron chi connectivity index (χ4n) is 2.65. The molecule has 3 aromatic rings. The second kappa shape index (κ2) is 9.73. The van der Waals surface area contributed by atoms with Crippen LogP contribution >= 0.6 is 23.4 Å². The molecule has 0 saturated carbocycles. The van der Waals surface area contributed by atoms with E-state index in [1.807, 2.05) is 47.0 Å². The third-order valence-electron chi connectivity index (χ3n) is 4.05. The van der Waals surface area contributed by atoms with Crippen molar-refractivity contribution in [2.75, 3.05) is 20.8 Å². The Balaban J connectivity index is 1.82. The number of hydrogen-bond acceptors (Lipinski definition) is 6. The van der Waals surface area contributed by atoms with E-state index in [0.717, 1.165) is 22.1 Å². The van der Waals surface area contributed by atoms with Crippen LogP contribution in [-0.4, -0.2) is 41.6 Å². The second-order valence-electron chi connectivity index (χ2n) is 5.94. The van der Waals surface area contributed by atoms with Gasteiger partial charge in [-0.3, -0.25) is 4.57 Å². The summed E-state index contributed by atoms with van der Waals surface area (Å²) < 4.78 is 12.1. The average molecular weight is 418 g/mol. The van der Waals surface area contributed by atoms with Gasteiger partial charge in [0.2, 0.25) is 0 Å². The van der Waals surface area contributed by atoms with E-state index < -0.39 is 0 Å². The third kappa shape index (κ3) is 4.92. The molecule has 0 saturated heterocycles. The van der Waals surface area contributed by atoms with Crippen molar-refractivity contribution in [2.45, 2.75) is 17.5 Å². The molecule has 0 aliphatic carbocycles. The molecule has 0 N–H and O–H groups in total. The topological polar surface area (TPSA) is 66.2 Å².